The lowest BCUT2D eigenvalue weighted by Crippen LogP contribution is -2.49. The van der Waals surface area contributed by atoms with Crippen LogP contribution in [0.2, 0.25) is 5.02 Å². The lowest BCUT2D eigenvalue weighted by molar-refractivity contribution is -0.123. The summed E-state index contributed by atoms with van der Waals surface area (Å²) in [5.41, 5.74) is 5.92. The summed E-state index contributed by atoms with van der Waals surface area (Å²) < 4.78 is 16.8. The van der Waals surface area contributed by atoms with E-state index in [2.05, 4.69) is 16.2 Å². The Bertz CT molecular complexity index is 1180. The van der Waals surface area contributed by atoms with Gasteiger partial charge in [-0.1, -0.05) is 41.9 Å². The van der Waals surface area contributed by atoms with E-state index in [1.165, 1.54) is 0 Å². The molecule has 0 saturated heterocycles. The molecular formula is C25H24ClN3O5S. The zero-order valence-electron chi connectivity index (χ0n) is 18.9. The van der Waals surface area contributed by atoms with E-state index in [4.69, 9.17) is 38.0 Å². The van der Waals surface area contributed by atoms with E-state index < -0.39 is 11.8 Å². The quantitative estimate of drug-likeness (QED) is 0.227. The Hall–Kier alpha value is -3.82. The van der Waals surface area contributed by atoms with Crippen molar-refractivity contribution in [1.29, 1.82) is 0 Å². The van der Waals surface area contributed by atoms with E-state index in [1.807, 2.05) is 37.3 Å². The Morgan fingerprint density at radius 1 is 0.857 bits per heavy atom. The summed E-state index contributed by atoms with van der Waals surface area (Å²) in [4.78, 5) is 24.7. The minimum atomic E-state index is -0.496. The summed E-state index contributed by atoms with van der Waals surface area (Å²) in [5, 5.41) is 2.99. The molecule has 3 rings (SSSR count). The molecule has 0 bridgehead atoms. The molecule has 3 N–H and O–H groups in total. The molecular weight excluding hydrogens is 490 g/mol. The van der Waals surface area contributed by atoms with Crippen LogP contribution < -0.4 is 30.4 Å². The average molecular weight is 514 g/mol. The number of hydrazine groups is 1. The molecule has 0 heterocycles. The number of rotatable bonds is 9. The van der Waals surface area contributed by atoms with Gasteiger partial charge in [0, 0.05) is 5.02 Å². The number of aryl methyl sites for hydroxylation is 1. The minimum absolute atomic E-state index is 0.0896. The number of para-hydroxylation sites is 2. The van der Waals surface area contributed by atoms with Gasteiger partial charge < -0.3 is 14.2 Å². The minimum Gasteiger partial charge on any atom is -0.490 e. The maximum atomic E-state index is 12.7. The monoisotopic (exact) mass is 513 g/mol. The first-order valence-electron chi connectivity index (χ1n) is 10.6. The molecule has 0 aliphatic rings. The van der Waals surface area contributed by atoms with Crippen molar-refractivity contribution in [2.75, 3.05) is 19.8 Å². The molecule has 8 nitrogen and oxygen atoms in total. The highest BCUT2D eigenvalue weighted by molar-refractivity contribution is 7.80. The van der Waals surface area contributed by atoms with Crippen molar-refractivity contribution in [2.45, 2.75) is 6.92 Å². The van der Waals surface area contributed by atoms with Crippen LogP contribution in [0.25, 0.3) is 0 Å². The number of hydrogen-bond acceptors (Lipinski definition) is 6. The Balaban J connectivity index is 1.42. The third-order valence-electron chi connectivity index (χ3n) is 4.52. The van der Waals surface area contributed by atoms with Crippen molar-refractivity contribution in [3.63, 3.8) is 0 Å². The second kappa shape index (κ2) is 13.2. The Labute approximate surface area is 213 Å². The number of hydrogen-bond donors (Lipinski definition) is 3. The molecule has 10 heteroatoms. The molecule has 0 aliphatic heterocycles. The fourth-order valence-corrected chi connectivity index (χ4v) is 3.26. The fraction of sp³-hybridized carbons (Fsp3) is 0.160. The Morgan fingerprint density at radius 2 is 1.57 bits per heavy atom. The number of thiocarbonyl (C=S) groups is 1. The zero-order valence-corrected chi connectivity index (χ0v) is 20.4. The van der Waals surface area contributed by atoms with Gasteiger partial charge in [-0.3, -0.25) is 25.8 Å². The van der Waals surface area contributed by atoms with Gasteiger partial charge in [-0.25, -0.2) is 0 Å². The van der Waals surface area contributed by atoms with Crippen molar-refractivity contribution in [1.82, 2.24) is 16.2 Å². The molecule has 0 saturated carbocycles. The molecule has 35 heavy (non-hydrogen) atoms. The van der Waals surface area contributed by atoms with Gasteiger partial charge in [0.15, 0.2) is 11.7 Å². The van der Waals surface area contributed by atoms with Gasteiger partial charge in [-0.15, -0.1) is 0 Å². The van der Waals surface area contributed by atoms with Crippen LogP contribution in [0.15, 0.2) is 72.8 Å². The normalized spacial score (nSPS) is 10.1. The lowest BCUT2D eigenvalue weighted by atomic mass is 10.2. The average Bonchev–Trinajstić information content (AvgIpc) is 2.85. The standard InChI is InChI=1S/C25H24ClN3O5S/c1-17-15-18(26)11-12-21(17)34-16-23(30)28-29-25(35)27-24(31)20-9-5-6-10-22(20)33-14-13-32-19-7-3-2-4-8-19/h2-12,15H,13-14,16H2,1H3,(H,28,30)(H2,27,29,31,35). The predicted molar refractivity (Wildman–Crippen MR) is 137 cm³/mol. The van der Waals surface area contributed by atoms with Crippen LogP contribution in [0.4, 0.5) is 0 Å². The number of ether oxygens (including phenoxy) is 3. The molecule has 0 atom stereocenters. The van der Waals surface area contributed by atoms with E-state index in [0.29, 0.717) is 23.1 Å². The molecule has 0 aliphatic carbocycles. The van der Waals surface area contributed by atoms with E-state index in [1.54, 1.807) is 42.5 Å². The summed E-state index contributed by atoms with van der Waals surface area (Å²) in [6.45, 7) is 2.11. The molecule has 2 amide bonds. The lowest BCUT2D eigenvalue weighted by Gasteiger charge is -2.14. The van der Waals surface area contributed by atoms with Crippen LogP contribution in [0, 0.1) is 6.92 Å². The maximum Gasteiger partial charge on any atom is 0.276 e. The molecule has 3 aromatic rings. The van der Waals surface area contributed by atoms with Crippen molar-refractivity contribution in [2.24, 2.45) is 0 Å². The smallest absolute Gasteiger partial charge is 0.276 e. The van der Waals surface area contributed by atoms with Crippen molar-refractivity contribution < 1.29 is 23.8 Å². The van der Waals surface area contributed by atoms with Crippen molar-refractivity contribution >= 4 is 40.7 Å². The van der Waals surface area contributed by atoms with Crippen molar-refractivity contribution in [3.05, 3.63) is 88.9 Å². The van der Waals surface area contributed by atoms with Gasteiger partial charge in [-0.2, -0.15) is 0 Å². The highest BCUT2D eigenvalue weighted by Crippen LogP contribution is 2.21. The third-order valence-corrected chi connectivity index (χ3v) is 4.96. The second-order valence-corrected chi connectivity index (χ2v) is 8.01. The third kappa shape index (κ3) is 8.47. The van der Waals surface area contributed by atoms with E-state index in [-0.39, 0.29) is 23.9 Å². The van der Waals surface area contributed by atoms with Gasteiger partial charge in [-0.05, 0) is 67.2 Å². The van der Waals surface area contributed by atoms with E-state index in [0.717, 1.165) is 11.3 Å². The molecule has 0 radical (unpaired) electrons. The topological polar surface area (TPSA) is 97.9 Å². The highest BCUT2D eigenvalue weighted by atomic mass is 35.5. The molecule has 3 aromatic carbocycles. The Morgan fingerprint density at radius 3 is 2.34 bits per heavy atom. The van der Waals surface area contributed by atoms with Crippen LogP contribution in [0.3, 0.4) is 0 Å². The number of benzene rings is 3. The van der Waals surface area contributed by atoms with Crippen LogP contribution >= 0.6 is 23.8 Å². The number of carbonyl (C=O) groups is 2. The summed E-state index contributed by atoms with van der Waals surface area (Å²) in [6, 6.07) is 21.2. The summed E-state index contributed by atoms with van der Waals surface area (Å²) >= 11 is 11.0. The summed E-state index contributed by atoms with van der Waals surface area (Å²) in [7, 11) is 0. The highest BCUT2D eigenvalue weighted by Gasteiger charge is 2.14. The SMILES string of the molecule is Cc1cc(Cl)ccc1OCC(=O)NNC(=S)NC(=O)c1ccccc1OCCOc1ccccc1. The van der Waals surface area contributed by atoms with Gasteiger partial charge in [0.2, 0.25) is 0 Å². The number of nitrogens with one attached hydrogen (secondary N) is 3. The second-order valence-electron chi connectivity index (χ2n) is 7.16. The molecule has 0 spiro atoms. The molecule has 182 valence electrons. The molecule has 0 unspecified atom stereocenters. The summed E-state index contributed by atoms with van der Waals surface area (Å²) in [6.07, 6.45) is 0. The van der Waals surface area contributed by atoms with Gasteiger partial charge in [0.1, 0.15) is 30.5 Å². The van der Waals surface area contributed by atoms with Crippen LogP contribution in [-0.2, 0) is 4.79 Å². The maximum absolute atomic E-state index is 12.7. The van der Waals surface area contributed by atoms with Crippen LogP contribution in [0.1, 0.15) is 15.9 Å². The van der Waals surface area contributed by atoms with E-state index >= 15 is 0 Å². The van der Waals surface area contributed by atoms with Gasteiger partial charge >= 0.3 is 0 Å². The first kappa shape index (κ1) is 25.8. The first-order valence-corrected chi connectivity index (χ1v) is 11.4. The van der Waals surface area contributed by atoms with Crippen LogP contribution in [-0.4, -0.2) is 36.7 Å². The van der Waals surface area contributed by atoms with E-state index in [9.17, 15) is 9.59 Å². The number of halogens is 1. The van der Waals surface area contributed by atoms with Crippen molar-refractivity contribution in [3.8, 4) is 17.2 Å². The number of amides is 2. The van der Waals surface area contributed by atoms with Gasteiger partial charge in [0.05, 0.1) is 5.56 Å². The predicted octanol–water partition coefficient (Wildman–Crippen LogP) is 3.82. The summed E-state index contributed by atoms with van der Waals surface area (Å²) in [5.74, 6) is 0.656. The number of carbonyl (C=O) groups excluding carboxylic acids is 2. The largest absolute Gasteiger partial charge is 0.490 e. The van der Waals surface area contributed by atoms with Gasteiger partial charge in [0.25, 0.3) is 11.8 Å². The first-order chi connectivity index (χ1) is 16.9. The fourth-order valence-electron chi connectivity index (χ4n) is 2.89. The zero-order chi connectivity index (χ0) is 25.0. The molecule has 0 aromatic heterocycles. The molecule has 0 fully saturated rings. The Kier molecular flexibility index (Phi) is 9.70. The van der Waals surface area contributed by atoms with Crippen LogP contribution in [0.5, 0.6) is 17.2 Å².